The maximum Gasteiger partial charge on any atom is 0.280 e. The van der Waals surface area contributed by atoms with Crippen molar-refractivity contribution in [3.8, 4) is 0 Å². The van der Waals surface area contributed by atoms with E-state index in [1.54, 1.807) is 12.1 Å². The Balaban J connectivity index is 2.80. The normalized spacial score (nSPS) is 11.2. The number of halogens is 3. The molecule has 2 nitrogen and oxygen atoms in total. The molecule has 1 heterocycles. The summed E-state index contributed by atoms with van der Waals surface area (Å²) in [6, 6.07) is 4.90. The second-order valence-electron chi connectivity index (χ2n) is 4.01. The third-order valence-electron chi connectivity index (χ3n) is 2.72. The summed E-state index contributed by atoms with van der Waals surface area (Å²) < 4.78 is 25.6. The minimum absolute atomic E-state index is 0.233. The van der Waals surface area contributed by atoms with Crippen molar-refractivity contribution in [3.05, 3.63) is 34.5 Å². The highest BCUT2D eigenvalue weighted by molar-refractivity contribution is 6.36. The highest BCUT2D eigenvalue weighted by Gasteiger charge is 2.15. The Bertz CT molecular complexity index is 585. The highest BCUT2D eigenvalue weighted by Crippen LogP contribution is 2.34. The van der Waals surface area contributed by atoms with E-state index in [9.17, 15) is 8.78 Å². The van der Waals surface area contributed by atoms with Crippen molar-refractivity contribution in [3.63, 3.8) is 0 Å². The summed E-state index contributed by atoms with van der Waals surface area (Å²) in [5.41, 5.74) is 1.72. The van der Waals surface area contributed by atoms with E-state index >= 15 is 0 Å². The van der Waals surface area contributed by atoms with Gasteiger partial charge in [-0.15, -0.1) is 0 Å². The van der Waals surface area contributed by atoms with Gasteiger partial charge in [-0.1, -0.05) is 17.7 Å². The van der Waals surface area contributed by atoms with Crippen molar-refractivity contribution in [1.29, 1.82) is 0 Å². The van der Waals surface area contributed by atoms with Gasteiger partial charge < -0.3 is 5.32 Å². The maximum absolute atomic E-state index is 12.8. The molecular formula is C13H13ClF2N2. The van der Waals surface area contributed by atoms with E-state index < -0.39 is 6.43 Å². The number of hydrogen-bond donors (Lipinski definition) is 1. The Labute approximate surface area is 109 Å². The van der Waals surface area contributed by atoms with Gasteiger partial charge >= 0.3 is 0 Å². The Morgan fingerprint density at radius 2 is 2.11 bits per heavy atom. The second kappa shape index (κ2) is 5.06. The number of hydrogen-bond acceptors (Lipinski definition) is 2. The SMILES string of the molecule is CCNc1cc(C(F)F)nc2c(C)ccc(Cl)c12. The van der Waals surface area contributed by atoms with Crippen LogP contribution in [0.1, 0.15) is 24.6 Å². The molecule has 0 unspecified atom stereocenters. The van der Waals surface area contributed by atoms with Crippen LogP contribution in [0.15, 0.2) is 18.2 Å². The second-order valence-corrected chi connectivity index (χ2v) is 4.42. The number of nitrogens with zero attached hydrogens (tertiary/aromatic N) is 1. The van der Waals surface area contributed by atoms with E-state index in [2.05, 4.69) is 10.3 Å². The summed E-state index contributed by atoms with van der Waals surface area (Å²) in [4.78, 5) is 4.00. The van der Waals surface area contributed by atoms with Gasteiger partial charge in [0.25, 0.3) is 6.43 Å². The third-order valence-corrected chi connectivity index (χ3v) is 3.04. The minimum Gasteiger partial charge on any atom is -0.385 e. The predicted molar refractivity (Wildman–Crippen MR) is 70.6 cm³/mol. The molecule has 0 saturated heterocycles. The standard InChI is InChI=1S/C13H13ClF2N2/c1-3-17-9-6-10(13(15)16)18-12-7(2)4-5-8(14)11(9)12/h4-6,13H,3H2,1-2H3,(H,17,18). The lowest BCUT2D eigenvalue weighted by Gasteiger charge is -2.13. The summed E-state index contributed by atoms with van der Waals surface area (Å²) in [6.45, 7) is 4.36. The lowest BCUT2D eigenvalue weighted by Crippen LogP contribution is -2.02. The van der Waals surface area contributed by atoms with E-state index in [0.29, 0.717) is 28.2 Å². The van der Waals surface area contributed by atoms with Gasteiger partial charge in [0.2, 0.25) is 0 Å². The molecule has 96 valence electrons. The number of fused-ring (bicyclic) bond motifs is 1. The fourth-order valence-electron chi connectivity index (χ4n) is 1.89. The third kappa shape index (κ3) is 2.25. The van der Waals surface area contributed by atoms with Crippen LogP contribution in [0, 0.1) is 6.92 Å². The van der Waals surface area contributed by atoms with E-state index in [-0.39, 0.29) is 5.69 Å². The topological polar surface area (TPSA) is 24.9 Å². The highest BCUT2D eigenvalue weighted by atomic mass is 35.5. The van der Waals surface area contributed by atoms with Crippen LogP contribution in [0.25, 0.3) is 10.9 Å². The van der Waals surface area contributed by atoms with Crippen LogP contribution in [0.2, 0.25) is 5.02 Å². The molecule has 0 atom stereocenters. The lowest BCUT2D eigenvalue weighted by atomic mass is 10.1. The van der Waals surface area contributed by atoms with Crippen molar-refractivity contribution in [1.82, 2.24) is 4.98 Å². The zero-order chi connectivity index (χ0) is 13.3. The molecule has 0 radical (unpaired) electrons. The molecule has 5 heteroatoms. The average Bonchev–Trinajstić information content (AvgIpc) is 2.33. The van der Waals surface area contributed by atoms with Gasteiger partial charge in [-0.2, -0.15) is 0 Å². The maximum atomic E-state index is 12.8. The number of pyridine rings is 1. The zero-order valence-corrected chi connectivity index (χ0v) is 10.9. The van der Waals surface area contributed by atoms with Crippen molar-refractivity contribution in [2.45, 2.75) is 20.3 Å². The smallest absolute Gasteiger partial charge is 0.280 e. The van der Waals surface area contributed by atoms with E-state index in [1.807, 2.05) is 13.8 Å². The van der Waals surface area contributed by atoms with Gasteiger partial charge in [0, 0.05) is 17.6 Å². The zero-order valence-electron chi connectivity index (χ0n) is 10.1. The van der Waals surface area contributed by atoms with Gasteiger partial charge in [-0.25, -0.2) is 13.8 Å². The first-order chi connectivity index (χ1) is 8.54. The van der Waals surface area contributed by atoms with Gasteiger partial charge in [0.1, 0.15) is 5.69 Å². The van der Waals surface area contributed by atoms with Crippen molar-refractivity contribution in [2.75, 3.05) is 11.9 Å². The molecule has 0 amide bonds. The Kier molecular flexibility index (Phi) is 3.66. The molecule has 0 aliphatic heterocycles. The number of aryl methyl sites for hydroxylation is 1. The number of nitrogens with one attached hydrogen (secondary N) is 1. The van der Waals surface area contributed by atoms with Crippen LogP contribution in [-0.4, -0.2) is 11.5 Å². The van der Waals surface area contributed by atoms with Gasteiger partial charge in [0.05, 0.1) is 10.5 Å². The van der Waals surface area contributed by atoms with Crippen LogP contribution < -0.4 is 5.32 Å². The van der Waals surface area contributed by atoms with E-state index in [1.165, 1.54) is 6.07 Å². The largest absolute Gasteiger partial charge is 0.385 e. The van der Waals surface area contributed by atoms with Gasteiger partial charge in [0.15, 0.2) is 0 Å². The first kappa shape index (κ1) is 13.0. The van der Waals surface area contributed by atoms with Crippen LogP contribution >= 0.6 is 11.6 Å². The van der Waals surface area contributed by atoms with E-state index in [0.717, 1.165) is 5.56 Å². The molecule has 1 N–H and O–H groups in total. The molecule has 0 aliphatic rings. The summed E-state index contributed by atoms with van der Waals surface area (Å²) in [6.07, 6.45) is -2.59. The number of rotatable bonds is 3. The summed E-state index contributed by atoms with van der Waals surface area (Å²) in [7, 11) is 0. The first-order valence-corrected chi connectivity index (χ1v) is 6.04. The van der Waals surface area contributed by atoms with E-state index in [4.69, 9.17) is 11.6 Å². The molecule has 0 saturated carbocycles. The minimum atomic E-state index is -2.59. The summed E-state index contributed by atoms with van der Waals surface area (Å²) in [5, 5.41) is 4.27. The molecule has 0 bridgehead atoms. The monoisotopic (exact) mass is 270 g/mol. The number of anilines is 1. The molecular weight excluding hydrogens is 258 g/mol. The fraction of sp³-hybridized carbons (Fsp3) is 0.308. The Morgan fingerprint density at radius 3 is 2.72 bits per heavy atom. The molecule has 2 aromatic rings. The van der Waals surface area contributed by atoms with Crippen LogP contribution in [-0.2, 0) is 0 Å². The molecule has 0 fully saturated rings. The summed E-state index contributed by atoms with van der Waals surface area (Å²) >= 11 is 6.13. The van der Waals surface area contributed by atoms with Crippen molar-refractivity contribution < 1.29 is 8.78 Å². The van der Waals surface area contributed by atoms with Crippen LogP contribution in [0.3, 0.4) is 0 Å². The van der Waals surface area contributed by atoms with Crippen LogP contribution in [0.4, 0.5) is 14.5 Å². The number of alkyl halides is 2. The van der Waals surface area contributed by atoms with Gasteiger partial charge in [-0.05, 0) is 31.5 Å². The van der Waals surface area contributed by atoms with Crippen LogP contribution in [0.5, 0.6) is 0 Å². The Morgan fingerprint density at radius 1 is 1.39 bits per heavy atom. The molecule has 1 aromatic carbocycles. The van der Waals surface area contributed by atoms with Crippen molar-refractivity contribution in [2.24, 2.45) is 0 Å². The molecule has 0 spiro atoms. The fourth-order valence-corrected chi connectivity index (χ4v) is 2.15. The summed E-state index contributed by atoms with van der Waals surface area (Å²) in [5.74, 6) is 0. The van der Waals surface area contributed by atoms with Gasteiger partial charge in [-0.3, -0.25) is 0 Å². The van der Waals surface area contributed by atoms with Crippen molar-refractivity contribution >= 4 is 28.2 Å². The molecule has 2 rings (SSSR count). The number of aromatic nitrogens is 1. The molecule has 1 aromatic heterocycles. The Hall–Kier alpha value is -1.42. The quantitative estimate of drug-likeness (QED) is 0.884. The lowest BCUT2D eigenvalue weighted by molar-refractivity contribution is 0.146. The molecule has 0 aliphatic carbocycles. The predicted octanol–water partition coefficient (Wildman–Crippen LogP) is 4.57. The first-order valence-electron chi connectivity index (χ1n) is 5.66. The average molecular weight is 271 g/mol. The number of benzene rings is 1. The molecule has 18 heavy (non-hydrogen) atoms.